The van der Waals surface area contributed by atoms with Crippen LogP contribution in [0.25, 0.3) is 0 Å². The van der Waals surface area contributed by atoms with Crippen LogP contribution >= 0.6 is 11.6 Å². The molecular weight excluding hydrogens is 212 g/mol. The molecule has 0 aliphatic carbocycles. The quantitative estimate of drug-likeness (QED) is 0.789. The van der Waals surface area contributed by atoms with Crippen molar-refractivity contribution < 1.29 is 9.47 Å². The molecule has 2 nitrogen and oxygen atoms in total. The van der Waals surface area contributed by atoms with Gasteiger partial charge in [0.15, 0.2) is 5.60 Å². The van der Waals surface area contributed by atoms with Gasteiger partial charge in [0.1, 0.15) is 5.75 Å². The van der Waals surface area contributed by atoms with Crippen molar-refractivity contribution in [2.75, 3.05) is 13.2 Å². The van der Waals surface area contributed by atoms with Crippen molar-refractivity contribution in [2.45, 2.75) is 19.4 Å². The van der Waals surface area contributed by atoms with Gasteiger partial charge in [-0.2, -0.15) is 0 Å². The van der Waals surface area contributed by atoms with Gasteiger partial charge in [-0.1, -0.05) is 25.4 Å². The fraction of sp³-hybridized carbons (Fsp3) is 0.500. The molecule has 0 radical (unpaired) electrons. The van der Waals surface area contributed by atoms with Crippen molar-refractivity contribution in [1.29, 1.82) is 0 Å². The van der Waals surface area contributed by atoms with Crippen LogP contribution in [0.1, 0.15) is 13.8 Å². The number of benzene rings is 1. The van der Waals surface area contributed by atoms with Gasteiger partial charge in [0.05, 0.1) is 13.2 Å². The monoisotopic (exact) mass is 226 g/mol. The molecule has 1 saturated heterocycles. The summed E-state index contributed by atoms with van der Waals surface area (Å²) in [6, 6.07) is 7.46. The molecule has 1 aliphatic heterocycles. The largest absolute Gasteiger partial charge is 0.482 e. The summed E-state index contributed by atoms with van der Waals surface area (Å²) >= 11 is 5.81. The molecule has 0 bridgehead atoms. The lowest BCUT2D eigenvalue weighted by atomic mass is 9.88. The van der Waals surface area contributed by atoms with E-state index in [0.29, 0.717) is 19.1 Å². The highest BCUT2D eigenvalue weighted by molar-refractivity contribution is 6.30. The Morgan fingerprint density at radius 3 is 2.27 bits per heavy atom. The van der Waals surface area contributed by atoms with E-state index in [4.69, 9.17) is 21.1 Å². The van der Waals surface area contributed by atoms with E-state index >= 15 is 0 Å². The van der Waals surface area contributed by atoms with Crippen LogP contribution in [0.3, 0.4) is 0 Å². The highest BCUT2D eigenvalue weighted by Crippen LogP contribution is 2.32. The minimum atomic E-state index is -0.145. The van der Waals surface area contributed by atoms with E-state index in [1.165, 1.54) is 0 Å². The van der Waals surface area contributed by atoms with Gasteiger partial charge in [-0.25, -0.2) is 0 Å². The number of halogens is 1. The van der Waals surface area contributed by atoms with E-state index in [2.05, 4.69) is 13.8 Å². The standard InChI is InChI=1S/C12H15ClO2/c1-9(2)12(7-14-8-12)15-11-5-3-10(13)4-6-11/h3-6,9H,7-8H2,1-2H3. The van der Waals surface area contributed by atoms with E-state index in [0.717, 1.165) is 10.8 Å². The molecule has 2 rings (SSSR count). The summed E-state index contributed by atoms with van der Waals surface area (Å²) in [7, 11) is 0. The van der Waals surface area contributed by atoms with Crippen molar-refractivity contribution in [1.82, 2.24) is 0 Å². The smallest absolute Gasteiger partial charge is 0.157 e. The topological polar surface area (TPSA) is 18.5 Å². The summed E-state index contributed by atoms with van der Waals surface area (Å²) in [5, 5.41) is 0.728. The van der Waals surface area contributed by atoms with Crippen LogP contribution in [0.15, 0.2) is 24.3 Å². The second-order valence-electron chi connectivity index (χ2n) is 4.27. The zero-order valence-corrected chi connectivity index (χ0v) is 9.75. The average molecular weight is 227 g/mol. The van der Waals surface area contributed by atoms with Crippen molar-refractivity contribution in [2.24, 2.45) is 5.92 Å². The summed E-state index contributed by atoms with van der Waals surface area (Å²) in [6.45, 7) is 5.65. The maximum Gasteiger partial charge on any atom is 0.157 e. The summed E-state index contributed by atoms with van der Waals surface area (Å²) < 4.78 is 11.2. The molecule has 1 aromatic carbocycles. The van der Waals surface area contributed by atoms with E-state index in [1.807, 2.05) is 24.3 Å². The average Bonchev–Trinajstić information content (AvgIpc) is 2.13. The van der Waals surface area contributed by atoms with Gasteiger partial charge in [0.25, 0.3) is 0 Å². The SMILES string of the molecule is CC(C)C1(Oc2ccc(Cl)cc2)COC1. The Morgan fingerprint density at radius 1 is 1.27 bits per heavy atom. The number of rotatable bonds is 3. The second-order valence-corrected chi connectivity index (χ2v) is 4.70. The van der Waals surface area contributed by atoms with Gasteiger partial charge >= 0.3 is 0 Å². The molecule has 0 aromatic heterocycles. The fourth-order valence-electron chi connectivity index (χ4n) is 1.55. The Kier molecular flexibility index (Phi) is 2.89. The normalized spacial score (nSPS) is 18.7. The molecule has 1 aromatic rings. The van der Waals surface area contributed by atoms with Crippen LogP contribution in [-0.4, -0.2) is 18.8 Å². The van der Waals surface area contributed by atoms with Crippen LogP contribution < -0.4 is 4.74 Å². The zero-order valence-electron chi connectivity index (χ0n) is 9.00. The number of hydrogen-bond acceptors (Lipinski definition) is 2. The number of ether oxygens (including phenoxy) is 2. The third kappa shape index (κ3) is 2.11. The first-order valence-corrected chi connectivity index (χ1v) is 5.52. The Morgan fingerprint density at radius 2 is 1.87 bits per heavy atom. The molecule has 0 atom stereocenters. The Labute approximate surface area is 95.1 Å². The lowest BCUT2D eigenvalue weighted by Gasteiger charge is -2.44. The lowest BCUT2D eigenvalue weighted by Crippen LogP contribution is -2.58. The van der Waals surface area contributed by atoms with Gasteiger partial charge in [0.2, 0.25) is 0 Å². The lowest BCUT2D eigenvalue weighted by molar-refractivity contribution is -0.184. The van der Waals surface area contributed by atoms with Gasteiger partial charge < -0.3 is 9.47 Å². The first kappa shape index (κ1) is 10.8. The summed E-state index contributed by atoms with van der Waals surface area (Å²) in [5.41, 5.74) is -0.145. The van der Waals surface area contributed by atoms with E-state index in [1.54, 1.807) is 0 Å². The van der Waals surface area contributed by atoms with Gasteiger partial charge in [-0.3, -0.25) is 0 Å². The third-order valence-electron chi connectivity index (χ3n) is 2.88. The predicted octanol–water partition coefficient (Wildman–Crippen LogP) is 3.14. The van der Waals surface area contributed by atoms with Crippen molar-refractivity contribution in [3.8, 4) is 5.75 Å². The van der Waals surface area contributed by atoms with Crippen molar-refractivity contribution >= 4 is 11.6 Å². The van der Waals surface area contributed by atoms with Gasteiger partial charge in [0, 0.05) is 5.02 Å². The highest BCUT2D eigenvalue weighted by Gasteiger charge is 2.44. The fourth-order valence-corrected chi connectivity index (χ4v) is 1.68. The maximum absolute atomic E-state index is 5.97. The first-order chi connectivity index (χ1) is 7.12. The Hall–Kier alpha value is -0.730. The van der Waals surface area contributed by atoms with Crippen LogP contribution in [0.4, 0.5) is 0 Å². The molecule has 1 heterocycles. The molecule has 1 aliphatic rings. The van der Waals surface area contributed by atoms with E-state index in [-0.39, 0.29) is 5.60 Å². The second kappa shape index (κ2) is 4.03. The maximum atomic E-state index is 5.97. The Balaban J connectivity index is 2.10. The molecule has 82 valence electrons. The van der Waals surface area contributed by atoms with E-state index in [9.17, 15) is 0 Å². The first-order valence-electron chi connectivity index (χ1n) is 5.15. The summed E-state index contributed by atoms with van der Waals surface area (Å²) in [4.78, 5) is 0. The van der Waals surface area contributed by atoms with E-state index < -0.39 is 0 Å². The van der Waals surface area contributed by atoms with Gasteiger partial charge in [-0.05, 0) is 30.2 Å². The Bertz CT molecular complexity index is 328. The minimum Gasteiger partial charge on any atom is -0.482 e. The highest BCUT2D eigenvalue weighted by atomic mass is 35.5. The molecule has 1 fully saturated rings. The summed E-state index contributed by atoms with van der Waals surface area (Å²) in [6.07, 6.45) is 0. The van der Waals surface area contributed by atoms with Crippen LogP contribution in [0.2, 0.25) is 5.02 Å². The zero-order chi connectivity index (χ0) is 10.9. The molecule has 0 saturated carbocycles. The van der Waals surface area contributed by atoms with Gasteiger partial charge in [-0.15, -0.1) is 0 Å². The van der Waals surface area contributed by atoms with Crippen LogP contribution in [-0.2, 0) is 4.74 Å². The molecule has 0 N–H and O–H groups in total. The molecule has 0 unspecified atom stereocenters. The molecule has 15 heavy (non-hydrogen) atoms. The van der Waals surface area contributed by atoms with Crippen molar-refractivity contribution in [3.05, 3.63) is 29.3 Å². The van der Waals surface area contributed by atoms with Crippen molar-refractivity contribution in [3.63, 3.8) is 0 Å². The molecule has 0 spiro atoms. The van der Waals surface area contributed by atoms with Crippen LogP contribution in [0.5, 0.6) is 5.75 Å². The minimum absolute atomic E-state index is 0.145. The number of hydrogen-bond donors (Lipinski definition) is 0. The predicted molar refractivity (Wildman–Crippen MR) is 60.5 cm³/mol. The molecule has 3 heteroatoms. The molecular formula is C12H15ClO2. The third-order valence-corrected chi connectivity index (χ3v) is 3.13. The van der Waals surface area contributed by atoms with Crippen LogP contribution in [0, 0.1) is 5.92 Å². The summed E-state index contributed by atoms with van der Waals surface area (Å²) in [5.74, 6) is 1.30. The molecule has 0 amide bonds.